The number of piperazine rings is 1. The normalized spacial score (nSPS) is 20.1. The van der Waals surface area contributed by atoms with Crippen LogP contribution in [0.5, 0.6) is 0 Å². The van der Waals surface area contributed by atoms with Crippen molar-refractivity contribution in [1.29, 1.82) is 0 Å². The molecule has 0 aromatic heterocycles. The van der Waals surface area contributed by atoms with Crippen molar-refractivity contribution in [2.24, 2.45) is 0 Å². The van der Waals surface area contributed by atoms with Crippen LogP contribution in [0.3, 0.4) is 0 Å². The van der Waals surface area contributed by atoms with E-state index in [0.717, 1.165) is 31.7 Å². The lowest BCUT2D eigenvalue weighted by atomic mass is 10.2. The maximum atomic E-state index is 12.0. The van der Waals surface area contributed by atoms with Crippen LogP contribution < -0.4 is 5.32 Å². The summed E-state index contributed by atoms with van der Waals surface area (Å²) >= 11 is 0. The molecule has 1 aromatic rings. The molecule has 1 heterocycles. The first-order valence-electron chi connectivity index (χ1n) is 5.77. The van der Waals surface area contributed by atoms with Gasteiger partial charge in [-0.2, -0.15) is 0 Å². The van der Waals surface area contributed by atoms with E-state index < -0.39 is 15.2 Å². The Labute approximate surface area is 103 Å². The second-order valence-corrected chi connectivity index (χ2v) is 6.48. The first kappa shape index (κ1) is 12.5. The number of hydrogen-bond acceptors (Lipinski definition) is 4. The summed E-state index contributed by atoms with van der Waals surface area (Å²) < 4.78 is 23.9. The number of nitrogens with zero attached hydrogens (tertiary/aromatic N) is 1. The van der Waals surface area contributed by atoms with Gasteiger partial charge in [0, 0.05) is 32.4 Å². The van der Waals surface area contributed by atoms with Crippen LogP contribution in [0.2, 0.25) is 0 Å². The van der Waals surface area contributed by atoms with Crippen LogP contribution in [-0.4, -0.2) is 45.8 Å². The Balaban J connectivity index is 2.32. The van der Waals surface area contributed by atoms with Gasteiger partial charge in [0.1, 0.15) is 5.37 Å². The monoisotopic (exact) mass is 254 g/mol. The Bertz CT molecular complexity index is 453. The summed E-state index contributed by atoms with van der Waals surface area (Å²) in [5.74, 6) is 0. The summed E-state index contributed by atoms with van der Waals surface area (Å²) in [4.78, 5) is 2.03. The van der Waals surface area contributed by atoms with Crippen LogP contribution >= 0.6 is 0 Å². The van der Waals surface area contributed by atoms with Crippen molar-refractivity contribution < 1.29 is 8.42 Å². The molecule has 17 heavy (non-hydrogen) atoms. The molecule has 4 nitrogen and oxygen atoms in total. The van der Waals surface area contributed by atoms with Gasteiger partial charge in [-0.1, -0.05) is 30.3 Å². The second kappa shape index (κ2) is 5.16. The van der Waals surface area contributed by atoms with E-state index in [9.17, 15) is 8.42 Å². The SMILES string of the molecule is CS(=O)(=O)C(c1ccccc1)N1CCNCC1. The molecule has 94 valence electrons. The maximum absolute atomic E-state index is 12.0. The molecule has 1 saturated heterocycles. The van der Waals surface area contributed by atoms with E-state index in [1.54, 1.807) is 0 Å². The summed E-state index contributed by atoms with van der Waals surface area (Å²) in [7, 11) is -3.12. The fourth-order valence-corrected chi connectivity index (χ4v) is 3.67. The Morgan fingerprint density at radius 1 is 1.18 bits per heavy atom. The Kier molecular flexibility index (Phi) is 3.81. The topological polar surface area (TPSA) is 49.4 Å². The Hall–Kier alpha value is -0.910. The lowest BCUT2D eigenvalue weighted by Crippen LogP contribution is -2.46. The molecule has 0 saturated carbocycles. The molecule has 0 aliphatic carbocycles. The largest absolute Gasteiger partial charge is 0.314 e. The number of nitrogens with one attached hydrogen (secondary N) is 1. The Morgan fingerprint density at radius 2 is 1.76 bits per heavy atom. The zero-order chi connectivity index (χ0) is 12.3. The molecule has 0 radical (unpaired) electrons. The van der Waals surface area contributed by atoms with Gasteiger partial charge < -0.3 is 5.32 Å². The summed E-state index contributed by atoms with van der Waals surface area (Å²) in [6.07, 6.45) is 1.31. The average molecular weight is 254 g/mol. The molecule has 1 aromatic carbocycles. The molecule has 5 heteroatoms. The first-order chi connectivity index (χ1) is 8.09. The summed E-state index contributed by atoms with van der Waals surface area (Å²) in [5.41, 5.74) is 0.858. The third-order valence-corrected chi connectivity index (χ3v) is 4.35. The second-order valence-electron chi connectivity index (χ2n) is 4.38. The number of sulfone groups is 1. The van der Waals surface area contributed by atoms with Gasteiger partial charge in [-0.15, -0.1) is 0 Å². The van der Waals surface area contributed by atoms with Gasteiger partial charge in [0.15, 0.2) is 9.84 Å². The molecule has 1 unspecified atom stereocenters. The molecular weight excluding hydrogens is 236 g/mol. The highest BCUT2D eigenvalue weighted by Crippen LogP contribution is 2.25. The van der Waals surface area contributed by atoms with Crippen LogP contribution in [0.1, 0.15) is 10.9 Å². The van der Waals surface area contributed by atoms with E-state index in [1.807, 2.05) is 35.2 Å². The number of rotatable bonds is 3. The summed E-state index contributed by atoms with van der Waals surface area (Å²) in [6.45, 7) is 3.23. The summed E-state index contributed by atoms with van der Waals surface area (Å²) in [5, 5.41) is 2.73. The van der Waals surface area contributed by atoms with Crippen molar-refractivity contribution in [2.75, 3.05) is 32.4 Å². The van der Waals surface area contributed by atoms with E-state index in [4.69, 9.17) is 0 Å². The summed E-state index contributed by atoms with van der Waals surface area (Å²) in [6, 6.07) is 9.44. The smallest absolute Gasteiger partial charge is 0.167 e. The zero-order valence-electron chi connectivity index (χ0n) is 9.96. The zero-order valence-corrected chi connectivity index (χ0v) is 10.8. The fourth-order valence-electron chi connectivity index (χ4n) is 2.26. The van der Waals surface area contributed by atoms with Crippen LogP contribution in [0.25, 0.3) is 0 Å². The highest BCUT2D eigenvalue weighted by atomic mass is 32.2. The van der Waals surface area contributed by atoms with Gasteiger partial charge in [0.2, 0.25) is 0 Å². The number of hydrogen-bond donors (Lipinski definition) is 1. The lowest BCUT2D eigenvalue weighted by Gasteiger charge is -2.33. The molecule has 1 aliphatic heterocycles. The van der Waals surface area contributed by atoms with Gasteiger partial charge >= 0.3 is 0 Å². The minimum absolute atomic E-state index is 0.509. The predicted octanol–water partition coefficient (Wildman–Crippen LogP) is 0.635. The van der Waals surface area contributed by atoms with Crippen LogP contribution in [0.4, 0.5) is 0 Å². The Morgan fingerprint density at radius 3 is 2.29 bits per heavy atom. The van der Waals surface area contributed by atoms with Crippen molar-refractivity contribution in [3.8, 4) is 0 Å². The van der Waals surface area contributed by atoms with Crippen LogP contribution in [-0.2, 0) is 9.84 Å². The molecule has 1 aliphatic rings. The molecule has 1 fully saturated rings. The fraction of sp³-hybridized carbons (Fsp3) is 0.500. The van der Waals surface area contributed by atoms with Crippen molar-refractivity contribution in [3.63, 3.8) is 0 Å². The van der Waals surface area contributed by atoms with Crippen molar-refractivity contribution in [1.82, 2.24) is 10.2 Å². The predicted molar refractivity (Wildman–Crippen MR) is 68.5 cm³/mol. The highest BCUT2D eigenvalue weighted by molar-refractivity contribution is 7.90. The van der Waals surface area contributed by atoms with Gasteiger partial charge in [-0.25, -0.2) is 8.42 Å². The van der Waals surface area contributed by atoms with Crippen LogP contribution in [0, 0.1) is 0 Å². The standard InChI is InChI=1S/C12H18N2O2S/c1-17(15,16)12(11-5-3-2-4-6-11)14-9-7-13-8-10-14/h2-6,12-13H,7-10H2,1H3. The number of benzene rings is 1. The maximum Gasteiger partial charge on any atom is 0.167 e. The van der Waals surface area contributed by atoms with Crippen molar-refractivity contribution in [2.45, 2.75) is 5.37 Å². The van der Waals surface area contributed by atoms with E-state index in [-0.39, 0.29) is 0 Å². The molecule has 2 rings (SSSR count). The van der Waals surface area contributed by atoms with Gasteiger partial charge in [-0.05, 0) is 5.56 Å². The highest BCUT2D eigenvalue weighted by Gasteiger charge is 2.30. The minimum Gasteiger partial charge on any atom is -0.314 e. The quantitative estimate of drug-likeness (QED) is 0.860. The lowest BCUT2D eigenvalue weighted by molar-refractivity contribution is 0.220. The molecule has 0 bridgehead atoms. The molecular formula is C12H18N2O2S. The van der Waals surface area contributed by atoms with Crippen LogP contribution in [0.15, 0.2) is 30.3 Å². The average Bonchev–Trinajstić information content (AvgIpc) is 2.30. The molecule has 0 spiro atoms. The van der Waals surface area contributed by atoms with Gasteiger partial charge in [0.05, 0.1) is 0 Å². The molecule has 0 amide bonds. The minimum atomic E-state index is -3.12. The van der Waals surface area contributed by atoms with Gasteiger partial charge in [0.25, 0.3) is 0 Å². The van der Waals surface area contributed by atoms with Crippen molar-refractivity contribution >= 4 is 9.84 Å². The van der Waals surface area contributed by atoms with E-state index in [0.29, 0.717) is 0 Å². The van der Waals surface area contributed by atoms with Gasteiger partial charge in [-0.3, -0.25) is 4.90 Å². The molecule has 1 atom stereocenters. The third-order valence-electron chi connectivity index (χ3n) is 2.97. The van der Waals surface area contributed by atoms with Crippen molar-refractivity contribution in [3.05, 3.63) is 35.9 Å². The van der Waals surface area contributed by atoms with E-state index in [2.05, 4.69) is 5.32 Å². The van der Waals surface area contributed by atoms with E-state index in [1.165, 1.54) is 6.26 Å². The molecule has 1 N–H and O–H groups in total. The third kappa shape index (κ3) is 3.06. The van der Waals surface area contributed by atoms with E-state index >= 15 is 0 Å². The first-order valence-corrected chi connectivity index (χ1v) is 7.73.